The summed E-state index contributed by atoms with van der Waals surface area (Å²) in [5.41, 5.74) is 2.76. The highest BCUT2D eigenvalue weighted by atomic mass is 16.5. The van der Waals surface area contributed by atoms with E-state index in [0.717, 1.165) is 17.8 Å². The normalized spacial score (nSPS) is 25.9. The molecule has 2 saturated carbocycles. The minimum atomic E-state index is -0.508. The summed E-state index contributed by atoms with van der Waals surface area (Å²) in [5.74, 6) is 3.17. The standard InChI is InChI=1S/C29H44O3/c1-3-4-5-6-23-7-11-25(12-8-23)27-15-17-28(18-16-27)26-13-9-24(10-14-26)19-20-32-29(31)22(2)21-30/h9-10,13-14,23,25,27-28,30H,2-8,11-12,15-21H2,1H3. The Kier molecular flexibility index (Phi) is 10.3. The molecule has 1 N–H and O–H groups in total. The van der Waals surface area contributed by atoms with Crippen LogP contribution in [0.2, 0.25) is 0 Å². The molecule has 1 aromatic carbocycles. The lowest BCUT2D eigenvalue weighted by molar-refractivity contribution is -0.139. The molecule has 0 aromatic heterocycles. The maximum atomic E-state index is 11.6. The van der Waals surface area contributed by atoms with Gasteiger partial charge in [0.2, 0.25) is 0 Å². The van der Waals surface area contributed by atoms with Gasteiger partial charge in [-0.1, -0.05) is 76.3 Å². The van der Waals surface area contributed by atoms with Crippen molar-refractivity contribution in [1.82, 2.24) is 0 Å². The van der Waals surface area contributed by atoms with Gasteiger partial charge in [-0.15, -0.1) is 0 Å². The lowest BCUT2D eigenvalue weighted by Gasteiger charge is -2.38. The molecular formula is C29H44O3. The number of ether oxygens (including phenoxy) is 1. The van der Waals surface area contributed by atoms with E-state index >= 15 is 0 Å². The van der Waals surface area contributed by atoms with Crippen molar-refractivity contribution in [1.29, 1.82) is 0 Å². The summed E-state index contributed by atoms with van der Waals surface area (Å²) in [7, 11) is 0. The van der Waals surface area contributed by atoms with E-state index < -0.39 is 5.97 Å². The number of hydrogen-bond acceptors (Lipinski definition) is 3. The summed E-state index contributed by atoms with van der Waals surface area (Å²) in [6.45, 7) is 5.77. The number of rotatable bonds is 11. The lowest BCUT2D eigenvalue weighted by atomic mass is 9.68. The van der Waals surface area contributed by atoms with Crippen LogP contribution >= 0.6 is 0 Å². The SMILES string of the molecule is C=C(CO)C(=O)OCCc1ccc(C2CCC(C3CCC(CCCCC)CC3)CC2)cc1. The molecule has 0 atom stereocenters. The fourth-order valence-corrected chi connectivity index (χ4v) is 5.94. The van der Waals surface area contributed by atoms with E-state index in [4.69, 9.17) is 9.84 Å². The van der Waals surface area contributed by atoms with Gasteiger partial charge in [0.05, 0.1) is 18.8 Å². The van der Waals surface area contributed by atoms with Crippen LogP contribution in [-0.2, 0) is 16.0 Å². The molecule has 0 spiro atoms. The largest absolute Gasteiger partial charge is 0.462 e. The third kappa shape index (κ3) is 7.47. The summed E-state index contributed by atoms with van der Waals surface area (Å²) < 4.78 is 5.15. The van der Waals surface area contributed by atoms with Crippen molar-refractivity contribution >= 4 is 5.97 Å². The second kappa shape index (κ2) is 13.2. The molecule has 1 aromatic rings. The molecule has 3 nitrogen and oxygen atoms in total. The first kappa shape index (κ1) is 25.0. The predicted molar refractivity (Wildman–Crippen MR) is 132 cm³/mol. The van der Waals surface area contributed by atoms with Crippen LogP contribution in [0.4, 0.5) is 0 Å². The first-order valence-corrected chi connectivity index (χ1v) is 13.1. The Labute approximate surface area is 195 Å². The number of carbonyl (C=O) groups is 1. The Morgan fingerprint density at radius 2 is 1.59 bits per heavy atom. The average Bonchev–Trinajstić information content (AvgIpc) is 2.84. The maximum Gasteiger partial charge on any atom is 0.335 e. The van der Waals surface area contributed by atoms with Crippen molar-refractivity contribution in [3.05, 3.63) is 47.5 Å². The minimum absolute atomic E-state index is 0.107. The Hall–Kier alpha value is -1.61. The molecule has 32 heavy (non-hydrogen) atoms. The number of aliphatic hydroxyl groups excluding tert-OH is 1. The van der Waals surface area contributed by atoms with E-state index in [2.05, 4.69) is 37.8 Å². The van der Waals surface area contributed by atoms with Crippen molar-refractivity contribution in [3.8, 4) is 0 Å². The predicted octanol–water partition coefficient (Wildman–Crippen LogP) is 6.98. The van der Waals surface area contributed by atoms with Crippen LogP contribution in [-0.4, -0.2) is 24.3 Å². The Morgan fingerprint density at radius 3 is 2.19 bits per heavy atom. The van der Waals surface area contributed by atoms with Gasteiger partial charge >= 0.3 is 5.97 Å². The van der Waals surface area contributed by atoms with Gasteiger partial charge in [-0.2, -0.15) is 0 Å². The summed E-state index contributed by atoms with van der Waals surface area (Å²) in [5, 5.41) is 8.91. The fourth-order valence-electron chi connectivity index (χ4n) is 5.94. The molecule has 0 amide bonds. The number of hydrogen-bond donors (Lipinski definition) is 1. The van der Waals surface area contributed by atoms with E-state index in [0.29, 0.717) is 18.9 Å². The van der Waals surface area contributed by atoms with Crippen molar-refractivity contribution in [2.45, 2.75) is 96.3 Å². The molecule has 0 aliphatic heterocycles. The minimum Gasteiger partial charge on any atom is -0.462 e. The molecule has 0 heterocycles. The topological polar surface area (TPSA) is 46.5 Å². The monoisotopic (exact) mass is 440 g/mol. The quantitative estimate of drug-likeness (QED) is 0.229. The first-order chi connectivity index (χ1) is 15.6. The summed E-state index contributed by atoms with van der Waals surface area (Å²) >= 11 is 0. The van der Waals surface area contributed by atoms with Crippen LogP contribution in [0.25, 0.3) is 0 Å². The highest BCUT2D eigenvalue weighted by molar-refractivity contribution is 5.87. The van der Waals surface area contributed by atoms with Gasteiger partial charge in [-0.3, -0.25) is 0 Å². The van der Waals surface area contributed by atoms with Gasteiger partial charge < -0.3 is 9.84 Å². The van der Waals surface area contributed by atoms with Gasteiger partial charge in [-0.05, 0) is 73.3 Å². The second-order valence-electron chi connectivity index (χ2n) is 10.3. The number of unbranched alkanes of at least 4 members (excludes halogenated alkanes) is 2. The smallest absolute Gasteiger partial charge is 0.335 e. The van der Waals surface area contributed by atoms with Gasteiger partial charge in [-0.25, -0.2) is 4.79 Å². The van der Waals surface area contributed by atoms with Gasteiger partial charge in [0.1, 0.15) is 0 Å². The summed E-state index contributed by atoms with van der Waals surface area (Å²) in [6, 6.07) is 8.90. The second-order valence-corrected chi connectivity index (χ2v) is 10.3. The zero-order chi connectivity index (χ0) is 22.8. The van der Waals surface area contributed by atoms with E-state index in [9.17, 15) is 4.79 Å². The first-order valence-electron chi connectivity index (χ1n) is 13.1. The third-order valence-electron chi connectivity index (χ3n) is 8.10. The number of aliphatic hydroxyl groups is 1. The molecule has 0 saturated heterocycles. The molecule has 2 fully saturated rings. The van der Waals surface area contributed by atoms with E-state index in [-0.39, 0.29) is 12.2 Å². The number of esters is 1. The molecule has 0 bridgehead atoms. The van der Waals surface area contributed by atoms with Crippen LogP contribution in [0.3, 0.4) is 0 Å². The molecule has 0 radical (unpaired) electrons. The molecule has 2 aliphatic carbocycles. The zero-order valence-electron chi connectivity index (χ0n) is 20.2. The molecule has 2 aliphatic rings. The number of benzene rings is 1. The van der Waals surface area contributed by atoms with Crippen molar-refractivity contribution in [3.63, 3.8) is 0 Å². The van der Waals surface area contributed by atoms with E-state index in [1.807, 2.05) is 0 Å². The Balaban J connectivity index is 1.36. The van der Waals surface area contributed by atoms with Crippen molar-refractivity contribution < 1.29 is 14.6 Å². The van der Waals surface area contributed by atoms with Crippen LogP contribution < -0.4 is 0 Å². The number of carbonyl (C=O) groups excluding carboxylic acids is 1. The molecular weight excluding hydrogens is 396 g/mol. The van der Waals surface area contributed by atoms with E-state index in [1.54, 1.807) is 0 Å². The Bertz CT molecular complexity index is 692. The fraction of sp³-hybridized carbons (Fsp3) is 0.690. The third-order valence-corrected chi connectivity index (χ3v) is 8.10. The molecule has 0 unspecified atom stereocenters. The highest BCUT2D eigenvalue weighted by Crippen LogP contribution is 2.44. The Morgan fingerprint density at radius 1 is 0.969 bits per heavy atom. The van der Waals surface area contributed by atoms with Crippen LogP contribution in [0.15, 0.2) is 36.4 Å². The molecule has 178 valence electrons. The van der Waals surface area contributed by atoms with Crippen LogP contribution in [0.1, 0.15) is 101 Å². The van der Waals surface area contributed by atoms with Crippen LogP contribution in [0.5, 0.6) is 0 Å². The van der Waals surface area contributed by atoms with Crippen molar-refractivity contribution in [2.75, 3.05) is 13.2 Å². The summed E-state index contributed by atoms with van der Waals surface area (Å²) in [4.78, 5) is 11.6. The lowest BCUT2D eigenvalue weighted by Crippen LogP contribution is -2.25. The summed E-state index contributed by atoms with van der Waals surface area (Å²) in [6.07, 6.45) is 17.8. The molecule has 3 heteroatoms. The average molecular weight is 441 g/mol. The van der Waals surface area contributed by atoms with Gasteiger partial charge in [0, 0.05) is 6.42 Å². The van der Waals surface area contributed by atoms with Crippen molar-refractivity contribution in [2.24, 2.45) is 17.8 Å². The van der Waals surface area contributed by atoms with Crippen LogP contribution in [0, 0.1) is 17.8 Å². The highest BCUT2D eigenvalue weighted by Gasteiger charge is 2.31. The zero-order valence-corrected chi connectivity index (χ0v) is 20.2. The van der Waals surface area contributed by atoms with Gasteiger partial charge in [0.25, 0.3) is 0 Å². The maximum absolute atomic E-state index is 11.6. The molecule has 3 rings (SSSR count). The van der Waals surface area contributed by atoms with Gasteiger partial charge in [0.15, 0.2) is 0 Å². The van der Waals surface area contributed by atoms with E-state index in [1.165, 1.54) is 88.2 Å².